The number of hydrogen-bond acceptors (Lipinski definition) is 3. The Morgan fingerprint density at radius 1 is 1.05 bits per heavy atom. The van der Waals surface area contributed by atoms with Crippen LogP contribution >= 0.6 is 22.6 Å². The van der Waals surface area contributed by atoms with Gasteiger partial charge in [-0.25, -0.2) is 13.1 Å². The van der Waals surface area contributed by atoms with E-state index in [0.717, 1.165) is 20.5 Å². The predicted octanol–water partition coefficient (Wildman–Crippen LogP) is 3.08. The second kappa shape index (κ2) is 6.55. The summed E-state index contributed by atoms with van der Waals surface area (Å²) in [5, 5.41) is 3.30. The van der Waals surface area contributed by atoms with Gasteiger partial charge in [-0.1, -0.05) is 24.3 Å². The van der Waals surface area contributed by atoms with E-state index < -0.39 is 10.0 Å². The molecular formula is C14H15IN2O2S. The number of hydrogen-bond donors (Lipinski definition) is 2. The quantitative estimate of drug-likeness (QED) is 0.756. The molecule has 0 amide bonds. The molecule has 0 saturated carbocycles. The van der Waals surface area contributed by atoms with Gasteiger partial charge in [0.1, 0.15) is 0 Å². The van der Waals surface area contributed by atoms with E-state index in [4.69, 9.17) is 0 Å². The van der Waals surface area contributed by atoms with Crippen molar-refractivity contribution in [3.63, 3.8) is 0 Å². The summed E-state index contributed by atoms with van der Waals surface area (Å²) >= 11 is 2.27. The first-order valence-electron chi connectivity index (χ1n) is 6.02. The summed E-state index contributed by atoms with van der Waals surface area (Å²) in [6.45, 7) is 0. The molecule has 0 heterocycles. The molecule has 0 aliphatic carbocycles. The molecule has 0 spiro atoms. The van der Waals surface area contributed by atoms with Crippen molar-refractivity contribution in [2.75, 3.05) is 12.4 Å². The van der Waals surface area contributed by atoms with Gasteiger partial charge in [0.2, 0.25) is 10.0 Å². The van der Waals surface area contributed by atoms with Gasteiger partial charge in [-0.15, -0.1) is 0 Å². The van der Waals surface area contributed by atoms with Gasteiger partial charge < -0.3 is 5.32 Å². The first kappa shape index (κ1) is 15.3. The number of sulfonamides is 1. The molecule has 2 aromatic rings. The summed E-state index contributed by atoms with van der Waals surface area (Å²) in [5.74, 6) is -0.00729. The second-order valence-electron chi connectivity index (χ2n) is 4.26. The van der Waals surface area contributed by atoms with E-state index >= 15 is 0 Å². The highest BCUT2D eigenvalue weighted by Gasteiger charge is 2.08. The number of halogens is 1. The zero-order valence-electron chi connectivity index (χ0n) is 10.9. The minimum absolute atomic E-state index is 0.00729. The zero-order valence-corrected chi connectivity index (χ0v) is 13.9. The van der Waals surface area contributed by atoms with Crippen molar-refractivity contribution in [3.05, 3.63) is 57.7 Å². The third kappa shape index (κ3) is 4.19. The molecule has 0 unspecified atom stereocenters. The Balaban J connectivity index is 2.11. The standard InChI is InChI=1S/C14H15IN2O2S/c1-16-20(18,19)10-11-6-8-12(9-7-11)17-14-5-3-2-4-13(14)15/h2-9,16-17H,10H2,1H3. The van der Waals surface area contributed by atoms with Gasteiger partial charge in [0, 0.05) is 9.26 Å². The third-order valence-corrected chi connectivity index (χ3v) is 5.05. The van der Waals surface area contributed by atoms with E-state index in [9.17, 15) is 8.42 Å². The molecule has 0 atom stereocenters. The Bertz CT molecular complexity index is 685. The SMILES string of the molecule is CNS(=O)(=O)Cc1ccc(Nc2ccccc2I)cc1. The summed E-state index contributed by atoms with van der Waals surface area (Å²) in [7, 11) is -1.80. The molecule has 0 bridgehead atoms. The number of nitrogens with one attached hydrogen (secondary N) is 2. The Morgan fingerprint density at radius 3 is 2.30 bits per heavy atom. The highest BCUT2D eigenvalue weighted by molar-refractivity contribution is 14.1. The van der Waals surface area contributed by atoms with Crippen molar-refractivity contribution in [2.45, 2.75) is 5.75 Å². The van der Waals surface area contributed by atoms with Crippen molar-refractivity contribution in [1.29, 1.82) is 0 Å². The molecule has 0 saturated heterocycles. The monoisotopic (exact) mass is 402 g/mol. The molecule has 0 aliphatic heterocycles. The van der Waals surface area contributed by atoms with Crippen LogP contribution < -0.4 is 10.0 Å². The lowest BCUT2D eigenvalue weighted by molar-refractivity contribution is 0.587. The summed E-state index contributed by atoms with van der Waals surface area (Å²) < 4.78 is 26.4. The topological polar surface area (TPSA) is 58.2 Å². The van der Waals surface area contributed by atoms with Gasteiger partial charge in [-0.05, 0) is 59.5 Å². The molecule has 106 valence electrons. The van der Waals surface area contributed by atoms with Crippen LogP contribution in [0, 0.1) is 3.57 Å². The molecule has 2 aromatic carbocycles. The number of benzene rings is 2. The fraction of sp³-hybridized carbons (Fsp3) is 0.143. The molecule has 0 radical (unpaired) electrons. The fourth-order valence-electron chi connectivity index (χ4n) is 1.69. The molecule has 4 nitrogen and oxygen atoms in total. The number of para-hydroxylation sites is 1. The van der Waals surface area contributed by atoms with Crippen molar-refractivity contribution in [2.24, 2.45) is 0 Å². The summed E-state index contributed by atoms with van der Waals surface area (Å²) in [4.78, 5) is 0. The Labute approximate surface area is 132 Å². The van der Waals surface area contributed by atoms with E-state index in [-0.39, 0.29) is 5.75 Å². The zero-order chi connectivity index (χ0) is 14.6. The van der Waals surface area contributed by atoms with Crippen molar-refractivity contribution in [3.8, 4) is 0 Å². The van der Waals surface area contributed by atoms with E-state index in [1.165, 1.54) is 7.05 Å². The maximum absolute atomic E-state index is 11.5. The third-order valence-electron chi connectivity index (χ3n) is 2.77. The van der Waals surface area contributed by atoms with Crippen LogP contribution in [0.4, 0.5) is 11.4 Å². The number of rotatable bonds is 5. The van der Waals surface area contributed by atoms with Crippen LogP contribution in [0.25, 0.3) is 0 Å². The summed E-state index contributed by atoms with van der Waals surface area (Å²) in [6, 6.07) is 15.4. The maximum atomic E-state index is 11.5. The van der Waals surface area contributed by atoms with Crippen LogP contribution in [0.2, 0.25) is 0 Å². The van der Waals surface area contributed by atoms with E-state index in [1.807, 2.05) is 48.5 Å². The molecule has 20 heavy (non-hydrogen) atoms. The second-order valence-corrected chi connectivity index (χ2v) is 7.35. The molecule has 0 fully saturated rings. The van der Waals surface area contributed by atoms with Gasteiger partial charge in [-0.2, -0.15) is 0 Å². The van der Waals surface area contributed by atoms with Crippen LogP contribution in [0.1, 0.15) is 5.56 Å². The van der Waals surface area contributed by atoms with Gasteiger partial charge in [-0.3, -0.25) is 0 Å². The lowest BCUT2D eigenvalue weighted by Gasteiger charge is -2.09. The van der Waals surface area contributed by atoms with Crippen molar-refractivity contribution >= 4 is 44.0 Å². The van der Waals surface area contributed by atoms with Gasteiger partial charge in [0.25, 0.3) is 0 Å². The normalized spacial score (nSPS) is 11.3. The van der Waals surface area contributed by atoms with Gasteiger partial charge in [0.05, 0.1) is 11.4 Å². The van der Waals surface area contributed by atoms with E-state index in [1.54, 1.807) is 0 Å². The lowest BCUT2D eigenvalue weighted by atomic mass is 10.2. The lowest BCUT2D eigenvalue weighted by Crippen LogP contribution is -2.20. The minimum Gasteiger partial charge on any atom is -0.355 e. The molecule has 0 aliphatic rings. The summed E-state index contributed by atoms with van der Waals surface area (Å²) in [6.07, 6.45) is 0. The highest BCUT2D eigenvalue weighted by Crippen LogP contribution is 2.22. The molecule has 6 heteroatoms. The van der Waals surface area contributed by atoms with Crippen LogP contribution in [0.15, 0.2) is 48.5 Å². The van der Waals surface area contributed by atoms with Crippen LogP contribution in [-0.4, -0.2) is 15.5 Å². The van der Waals surface area contributed by atoms with Crippen molar-refractivity contribution in [1.82, 2.24) is 4.72 Å². The minimum atomic E-state index is -3.22. The van der Waals surface area contributed by atoms with Gasteiger partial charge in [0.15, 0.2) is 0 Å². The molecule has 2 N–H and O–H groups in total. The largest absolute Gasteiger partial charge is 0.355 e. The Kier molecular flexibility index (Phi) is 5.00. The van der Waals surface area contributed by atoms with E-state index in [0.29, 0.717) is 0 Å². The Hall–Kier alpha value is -1.12. The predicted molar refractivity (Wildman–Crippen MR) is 90.6 cm³/mol. The van der Waals surface area contributed by atoms with Crippen molar-refractivity contribution < 1.29 is 8.42 Å². The molecular weight excluding hydrogens is 387 g/mol. The van der Waals surface area contributed by atoms with E-state index in [2.05, 4.69) is 32.6 Å². The molecule has 0 aromatic heterocycles. The van der Waals surface area contributed by atoms with Gasteiger partial charge >= 0.3 is 0 Å². The smallest absolute Gasteiger partial charge is 0.215 e. The first-order valence-corrected chi connectivity index (χ1v) is 8.75. The highest BCUT2D eigenvalue weighted by atomic mass is 127. The number of anilines is 2. The Morgan fingerprint density at radius 2 is 1.70 bits per heavy atom. The van der Waals surface area contributed by atoms with Crippen LogP contribution in [0.5, 0.6) is 0 Å². The summed E-state index contributed by atoms with van der Waals surface area (Å²) in [5.41, 5.74) is 2.72. The fourth-order valence-corrected chi connectivity index (χ4v) is 2.99. The average Bonchev–Trinajstić information content (AvgIpc) is 2.43. The van der Waals surface area contributed by atoms with Crippen LogP contribution in [-0.2, 0) is 15.8 Å². The maximum Gasteiger partial charge on any atom is 0.215 e. The molecule has 2 rings (SSSR count). The average molecular weight is 402 g/mol. The first-order chi connectivity index (χ1) is 9.50. The van der Waals surface area contributed by atoms with Crippen LogP contribution in [0.3, 0.4) is 0 Å².